The van der Waals surface area contributed by atoms with Gasteiger partial charge in [0.25, 0.3) is 0 Å². The van der Waals surface area contributed by atoms with Crippen LogP contribution in [-0.4, -0.2) is 26.4 Å². The summed E-state index contributed by atoms with van der Waals surface area (Å²) in [6.07, 6.45) is 0. The van der Waals surface area contributed by atoms with E-state index in [9.17, 15) is 9.18 Å². The van der Waals surface area contributed by atoms with Gasteiger partial charge in [0.2, 0.25) is 5.91 Å². The van der Waals surface area contributed by atoms with Crippen LogP contribution in [0.4, 0.5) is 10.1 Å². The Kier molecular flexibility index (Phi) is 6.34. The van der Waals surface area contributed by atoms with Crippen molar-refractivity contribution in [2.45, 2.75) is 12.1 Å². The van der Waals surface area contributed by atoms with Gasteiger partial charge in [-0.2, -0.15) is 0 Å². The third-order valence-corrected chi connectivity index (χ3v) is 5.65. The van der Waals surface area contributed by atoms with E-state index in [1.165, 1.54) is 23.9 Å². The first-order chi connectivity index (χ1) is 15.0. The summed E-state index contributed by atoms with van der Waals surface area (Å²) in [5, 5.41) is 12.4. The lowest BCUT2D eigenvalue weighted by Gasteiger charge is -2.11. The van der Waals surface area contributed by atoms with Gasteiger partial charge in [0.15, 0.2) is 11.0 Å². The summed E-state index contributed by atoms with van der Waals surface area (Å²) in [6, 6.07) is 21.3. The maximum absolute atomic E-state index is 13.8. The van der Waals surface area contributed by atoms with Crippen molar-refractivity contribution in [1.82, 2.24) is 14.8 Å². The lowest BCUT2D eigenvalue weighted by Crippen LogP contribution is -2.15. The van der Waals surface area contributed by atoms with E-state index in [0.717, 1.165) is 16.8 Å². The molecule has 5 nitrogen and oxygen atoms in total. The van der Waals surface area contributed by atoms with Crippen molar-refractivity contribution in [3.63, 3.8) is 0 Å². The summed E-state index contributed by atoms with van der Waals surface area (Å²) in [5.74, 6) is -0.151. The number of nitrogens with one attached hydrogen (secondary N) is 1. The molecule has 0 aliphatic carbocycles. The highest BCUT2D eigenvalue weighted by Gasteiger charge is 2.18. The number of carbonyl (C=O) groups is 1. The van der Waals surface area contributed by atoms with Gasteiger partial charge in [-0.05, 0) is 43.3 Å². The first-order valence-corrected chi connectivity index (χ1v) is 10.8. The number of aromatic nitrogens is 3. The van der Waals surface area contributed by atoms with Crippen molar-refractivity contribution < 1.29 is 9.18 Å². The number of thioether (sulfide) groups is 1. The minimum absolute atomic E-state index is 0.0495. The van der Waals surface area contributed by atoms with Gasteiger partial charge in [-0.15, -0.1) is 10.2 Å². The zero-order valence-electron chi connectivity index (χ0n) is 16.5. The van der Waals surface area contributed by atoms with Crippen molar-refractivity contribution >= 4 is 35.0 Å². The molecule has 1 N–H and O–H groups in total. The van der Waals surface area contributed by atoms with Gasteiger partial charge in [-0.1, -0.05) is 65.3 Å². The molecule has 1 amide bonds. The number of hydrogen-bond donors (Lipinski definition) is 1. The molecule has 1 aromatic heterocycles. The van der Waals surface area contributed by atoms with Crippen LogP contribution in [0.3, 0.4) is 0 Å². The number of aryl methyl sites for hydroxylation is 1. The maximum atomic E-state index is 13.8. The fourth-order valence-electron chi connectivity index (χ4n) is 2.98. The second-order valence-corrected chi connectivity index (χ2v) is 8.18. The van der Waals surface area contributed by atoms with E-state index in [1.807, 2.05) is 54.0 Å². The monoisotopic (exact) mass is 452 g/mol. The highest BCUT2D eigenvalue weighted by Crippen LogP contribution is 2.29. The highest BCUT2D eigenvalue weighted by atomic mass is 35.5. The molecule has 0 bridgehead atoms. The van der Waals surface area contributed by atoms with Crippen molar-refractivity contribution in [3.8, 4) is 17.1 Å². The molecule has 4 rings (SSSR count). The number of rotatable bonds is 6. The minimum atomic E-state index is -0.480. The normalized spacial score (nSPS) is 10.8. The average molecular weight is 453 g/mol. The summed E-state index contributed by atoms with van der Waals surface area (Å²) in [7, 11) is 0. The number of para-hydroxylation sites is 1. The quantitative estimate of drug-likeness (QED) is 0.377. The molecule has 8 heteroatoms. The van der Waals surface area contributed by atoms with Gasteiger partial charge < -0.3 is 5.32 Å². The van der Waals surface area contributed by atoms with E-state index in [-0.39, 0.29) is 17.3 Å². The predicted molar refractivity (Wildman–Crippen MR) is 122 cm³/mol. The number of carbonyl (C=O) groups excluding carboxylic acids is 1. The third-order valence-electron chi connectivity index (χ3n) is 4.49. The second-order valence-electron chi connectivity index (χ2n) is 6.80. The number of amides is 1. The van der Waals surface area contributed by atoms with E-state index in [0.29, 0.717) is 16.0 Å². The summed E-state index contributed by atoms with van der Waals surface area (Å²) < 4.78 is 15.7. The number of hydrogen-bond acceptors (Lipinski definition) is 4. The van der Waals surface area contributed by atoms with Crippen LogP contribution >= 0.6 is 23.4 Å². The lowest BCUT2D eigenvalue weighted by atomic mass is 10.2. The zero-order chi connectivity index (χ0) is 21.8. The first kappa shape index (κ1) is 21.1. The smallest absolute Gasteiger partial charge is 0.234 e. The Morgan fingerprint density at radius 1 is 1.06 bits per heavy atom. The van der Waals surface area contributed by atoms with Gasteiger partial charge in [0.1, 0.15) is 5.82 Å². The Morgan fingerprint density at radius 3 is 2.58 bits per heavy atom. The van der Waals surface area contributed by atoms with Crippen LogP contribution < -0.4 is 5.32 Å². The van der Waals surface area contributed by atoms with Gasteiger partial charge in [0.05, 0.1) is 11.4 Å². The van der Waals surface area contributed by atoms with E-state index in [1.54, 1.807) is 18.2 Å². The topological polar surface area (TPSA) is 59.8 Å². The largest absolute Gasteiger partial charge is 0.323 e. The summed E-state index contributed by atoms with van der Waals surface area (Å²) in [6.45, 7) is 2.01. The van der Waals surface area contributed by atoms with E-state index in [2.05, 4.69) is 15.5 Å². The molecule has 0 unspecified atom stereocenters. The molecule has 0 aliphatic rings. The number of nitrogens with zero attached hydrogens (tertiary/aromatic N) is 3. The number of anilines is 1. The van der Waals surface area contributed by atoms with Crippen LogP contribution in [0.25, 0.3) is 17.1 Å². The average Bonchev–Trinajstić information content (AvgIpc) is 3.18. The van der Waals surface area contributed by atoms with Crippen LogP contribution in [0.1, 0.15) is 5.56 Å². The highest BCUT2D eigenvalue weighted by molar-refractivity contribution is 7.99. The SMILES string of the molecule is Cc1ccc(-n2c(SCC(=O)Nc3ccccc3F)nnc2-c2cccc(Cl)c2)cc1. The van der Waals surface area contributed by atoms with Crippen molar-refractivity contribution in [2.75, 3.05) is 11.1 Å². The number of halogens is 2. The van der Waals surface area contributed by atoms with Gasteiger partial charge in [-0.25, -0.2) is 4.39 Å². The molecule has 0 atom stereocenters. The van der Waals surface area contributed by atoms with Crippen LogP contribution in [0.15, 0.2) is 78.0 Å². The van der Waals surface area contributed by atoms with Crippen LogP contribution in [0.5, 0.6) is 0 Å². The third kappa shape index (κ3) is 4.95. The van der Waals surface area contributed by atoms with Gasteiger partial charge >= 0.3 is 0 Å². The molecule has 0 saturated heterocycles. The minimum Gasteiger partial charge on any atom is -0.323 e. The molecule has 0 aliphatic heterocycles. The Morgan fingerprint density at radius 2 is 1.84 bits per heavy atom. The van der Waals surface area contributed by atoms with Crippen molar-refractivity contribution in [1.29, 1.82) is 0 Å². The first-order valence-electron chi connectivity index (χ1n) is 9.47. The molecule has 31 heavy (non-hydrogen) atoms. The molecule has 0 fully saturated rings. The molecule has 3 aromatic carbocycles. The molecular weight excluding hydrogens is 435 g/mol. The van der Waals surface area contributed by atoms with E-state index < -0.39 is 5.82 Å². The van der Waals surface area contributed by atoms with Crippen LogP contribution in [0, 0.1) is 12.7 Å². The molecule has 156 valence electrons. The van der Waals surface area contributed by atoms with Crippen molar-refractivity contribution in [3.05, 3.63) is 89.2 Å². The molecule has 0 saturated carbocycles. The maximum Gasteiger partial charge on any atom is 0.234 e. The molecule has 0 radical (unpaired) electrons. The molecule has 0 spiro atoms. The standard InChI is InChI=1S/C23H18ClFN4OS/c1-15-9-11-18(12-10-15)29-22(16-5-4-6-17(24)13-16)27-28-23(29)31-14-21(30)26-20-8-3-2-7-19(20)25/h2-13H,14H2,1H3,(H,26,30). The zero-order valence-corrected chi connectivity index (χ0v) is 18.1. The fourth-order valence-corrected chi connectivity index (χ4v) is 3.93. The van der Waals surface area contributed by atoms with Crippen molar-refractivity contribution in [2.24, 2.45) is 0 Å². The summed E-state index contributed by atoms with van der Waals surface area (Å²) >= 11 is 7.39. The van der Waals surface area contributed by atoms with E-state index >= 15 is 0 Å². The van der Waals surface area contributed by atoms with Gasteiger partial charge in [-0.3, -0.25) is 9.36 Å². The Balaban J connectivity index is 1.62. The molecular formula is C23H18ClFN4OS. The molecule has 1 heterocycles. The number of benzene rings is 3. The van der Waals surface area contributed by atoms with E-state index in [4.69, 9.17) is 11.6 Å². The predicted octanol–water partition coefficient (Wildman–Crippen LogP) is 5.77. The van der Waals surface area contributed by atoms with Crippen LogP contribution in [-0.2, 0) is 4.79 Å². The van der Waals surface area contributed by atoms with Crippen LogP contribution in [0.2, 0.25) is 5.02 Å². The second kappa shape index (κ2) is 9.32. The lowest BCUT2D eigenvalue weighted by molar-refractivity contribution is -0.113. The summed E-state index contributed by atoms with van der Waals surface area (Å²) in [4.78, 5) is 12.4. The summed E-state index contributed by atoms with van der Waals surface area (Å²) in [5.41, 5.74) is 2.94. The Hall–Kier alpha value is -3.16. The Bertz CT molecular complexity index is 1230. The van der Waals surface area contributed by atoms with Gasteiger partial charge in [0, 0.05) is 16.3 Å². The Labute approximate surface area is 188 Å². The molecule has 4 aromatic rings. The fraction of sp³-hybridized carbons (Fsp3) is 0.0870.